The zero-order valence-corrected chi connectivity index (χ0v) is 14.7. The monoisotopic (exact) mass is 349 g/mol. The van der Waals surface area contributed by atoms with Crippen LogP contribution < -0.4 is 11.1 Å². The van der Waals surface area contributed by atoms with Crippen molar-refractivity contribution in [2.24, 2.45) is 5.92 Å². The van der Waals surface area contributed by atoms with Crippen LogP contribution in [-0.4, -0.2) is 52.7 Å². The van der Waals surface area contributed by atoms with Gasteiger partial charge >= 0.3 is 12.0 Å². The standard InChI is InChI=1S/C17H27N5O3/c1-2-25-16(23)14-15(18)22(11-20-14)13-6-9-21(10-7-13)17(24)19-8-5-12-3-4-12/h11-13H,2-10,18H2,1H3,(H,19,24). The fourth-order valence-corrected chi connectivity index (χ4v) is 3.27. The molecule has 0 atom stereocenters. The molecule has 2 aliphatic rings. The number of likely N-dealkylation sites (tertiary alicyclic amines) is 1. The number of nitrogens with two attached hydrogens (primary N) is 1. The molecule has 2 amide bonds. The van der Waals surface area contributed by atoms with Gasteiger partial charge in [-0.15, -0.1) is 0 Å². The van der Waals surface area contributed by atoms with Crippen LogP contribution in [0.4, 0.5) is 10.6 Å². The Hall–Kier alpha value is -2.25. The van der Waals surface area contributed by atoms with Crippen LogP contribution in [0.25, 0.3) is 0 Å². The Bertz CT molecular complexity index is 618. The maximum absolute atomic E-state index is 12.2. The number of rotatable bonds is 6. The Labute approximate surface area is 147 Å². The highest BCUT2D eigenvalue weighted by molar-refractivity contribution is 5.92. The van der Waals surface area contributed by atoms with E-state index in [4.69, 9.17) is 10.5 Å². The summed E-state index contributed by atoms with van der Waals surface area (Å²) in [5.74, 6) is 0.667. The van der Waals surface area contributed by atoms with E-state index in [1.54, 1.807) is 13.3 Å². The van der Waals surface area contributed by atoms with Gasteiger partial charge < -0.3 is 25.3 Å². The third-order valence-corrected chi connectivity index (χ3v) is 4.97. The summed E-state index contributed by atoms with van der Waals surface area (Å²) in [6.07, 6.45) is 6.88. The molecule has 0 aromatic carbocycles. The van der Waals surface area contributed by atoms with E-state index in [2.05, 4.69) is 10.3 Å². The van der Waals surface area contributed by atoms with E-state index in [-0.39, 0.29) is 17.8 Å². The predicted molar refractivity (Wildman–Crippen MR) is 93.2 cm³/mol. The number of carbonyl (C=O) groups excluding carboxylic acids is 2. The number of nitrogens with one attached hydrogen (secondary N) is 1. The molecule has 2 heterocycles. The molecule has 8 heteroatoms. The fourth-order valence-electron chi connectivity index (χ4n) is 3.27. The van der Waals surface area contributed by atoms with Gasteiger partial charge in [0.1, 0.15) is 5.82 Å². The predicted octanol–water partition coefficient (Wildman–Crippen LogP) is 1.79. The molecule has 1 saturated heterocycles. The van der Waals surface area contributed by atoms with Crippen molar-refractivity contribution in [1.82, 2.24) is 19.8 Å². The van der Waals surface area contributed by atoms with Gasteiger partial charge in [-0.05, 0) is 32.1 Å². The van der Waals surface area contributed by atoms with E-state index >= 15 is 0 Å². The number of aromatic nitrogens is 2. The van der Waals surface area contributed by atoms with Crippen LogP contribution in [0, 0.1) is 5.92 Å². The first-order valence-electron chi connectivity index (χ1n) is 9.12. The molecule has 25 heavy (non-hydrogen) atoms. The molecule has 0 radical (unpaired) electrons. The molecule has 0 unspecified atom stereocenters. The normalized spacial score (nSPS) is 18.2. The van der Waals surface area contributed by atoms with Crippen LogP contribution in [0.1, 0.15) is 55.6 Å². The van der Waals surface area contributed by atoms with Crippen molar-refractivity contribution in [3.05, 3.63) is 12.0 Å². The summed E-state index contributed by atoms with van der Waals surface area (Å²) in [5.41, 5.74) is 6.24. The molecule has 138 valence electrons. The third kappa shape index (κ3) is 4.24. The Morgan fingerprint density at radius 2 is 2.04 bits per heavy atom. The topological polar surface area (TPSA) is 102 Å². The largest absolute Gasteiger partial charge is 0.461 e. The maximum atomic E-state index is 12.2. The molecule has 1 aliphatic heterocycles. The van der Waals surface area contributed by atoms with Crippen molar-refractivity contribution in [2.75, 3.05) is 32.0 Å². The Morgan fingerprint density at radius 1 is 1.32 bits per heavy atom. The van der Waals surface area contributed by atoms with Gasteiger partial charge in [0.2, 0.25) is 0 Å². The lowest BCUT2D eigenvalue weighted by Gasteiger charge is -2.33. The minimum Gasteiger partial charge on any atom is -0.461 e. The number of anilines is 1. The Kier molecular flexibility index (Phi) is 5.45. The lowest BCUT2D eigenvalue weighted by Crippen LogP contribution is -2.45. The molecule has 1 aliphatic carbocycles. The molecular formula is C17H27N5O3. The molecule has 8 nitrogen and oxygen atoms in total. The van der Waals surface area contributed by atoms with Crippen LogP contribution in [0.5, 0.6) is 0 Å². The number of piperidine rings is 1. The van der Waals surface area contributed by atoms with E-state index in [1.807, 2.05) is 9.47 Å². The number of ether oxygens (including phenoxy) is 1. The maximum Gasteiger partial charge on any atom is 0.360 e. The van der Waals surface area contributed by atoms with Gasteiger partial charge in [-0.25, -0.2) is 14.6 Å². The lowest BCUT2D eigenvalue weighted by atomic mass is 10.1. The number of nitrogens with zero attached hydrogens (tertiary/aromatic N) is 3. The number of hydrogen-bond donors (Lipinski definition) is 2. The molecular weight excluding hydrogens is 322 g/mol. The first-order chi connectivity index (χ1) is 12.1. The summed E-state index contributed by atoms with van der Waals surface area (Å²) < 4.78 is 6.79. The van der Waals surface area contributed by atoms with Crippen LogP contribution in [0.3, 0.4) is 0 Å². The smallest absolute Gasteiger partial charge is 0.360 e. The molecule has 1 aromatic rings. The van der Waals surface area contributed by atoms with Crippen LogP contribution in [-0.2, 0) is 4.74 Å². The zero-order valence-electron chi connectivity index (χ0n) is 14.7. The zero-order chi connectivity index (χ0) is 17.8. The Balaban J connectivity index is 1.50. The van der Waals surface area contributed by atoms with Gasteiger partial charge in [0, 0.05) is 25.7 Å². The van der Waals surface area contributed by atoms with Gasteiger partial charge in [-0.3, -0.25) is 0 Å². The van der Waals surface area contributed by atoms with E-state index in [9.17, 15) is 9.59 Å². The van der Waals surface area contributed by atoms with Crippen LogP contribution in [0.2, 0.25) is 0 Å². The van der Waals surface area contributed by atoms with Crippen molar-refractivity contribution in [2.45, 2.75) is 45.1 Å². The highest BCUT2D eigenvalue weighted by Crippen LogP contribution is 2.31. The highest BCUT2D eigenvalue weighted by Gasteiger charge is 2.27. The van der Waals surface area contributed by atoms with Crippen molar-refractivity contribution >= 4 is 17.8 Å². The molecule has 0 bridgehead atoms. The molecule has 2 fully saturated rings. The number of esters is 1. The van der Waals surface area contributed by atoms with E-state index in [1.165, 1.54) is 12.8 Å². The summed E-state index contributed by atoms with van der Waals surface area (Å²) in [5, 5.41) is 3.00. The summed E-state index contributed by atoms with van der Waals surface area (Å²) in [6, 6.07) is 0.163. The summed E-state index contributed by atoms with van der Waals surface area (Å²) in [6.45, 7) is 4.15. The quantitative estimate of drug-likeness (QED) is 0.762. The van der Waals surface area contributed by atoms with E-state index in [0.29, 0.717) is 25.5 Å². The highest BCUT2D eigenvalue weighted by atomic mass is 16.5. The van der Waals surface area contributed by atoms with Gasteiger partial charge in [0.15, 0.2) is 5.69 Å². The number of urea groups is 1. The van der Waals surface area contributed by atoms with E-state index in [0.717, 1.165) is 31.7 Å². The molecule has 0 spiro atoms. The van der Waals surface area contributed by atoms with Crippen LogP contribution in [0.15, 0.2) is 6.33 Å². The number of nitrogen functional groups attached to an aromatic ring is 1. The van der Waals surface area contributed by atoms with Crippen molar-refractivity contribution in [3.63, 3.8) is 0 Å². The van der Waals surface area contributed by atoms with Gasteiger partial charge in [0.05, 0.1) is 12.9 Å². The second-order valence-electron chi connectivity index (χ2n) is 6.79. The number of carbonyl (C=O) groups is 2. The van der Waals surface area contributed by atoms with Crippen molar-refractivity contribution < 1.29 is 14.3 Å². The van der Waals surface area contributed by atoms with Gasteiger partial charge in [-0.1, -0.05) is 12.8 Å². The van der Waals surface area contributed by atoms with Crippen molar-refractivity contribution in [1.29, 1.82) is 0 Å². The van der Waals surface area contributed by atoms with Crippen LogP contribution >= 0.6 is 0 Å². The lowest BCUT2D eigenvalue weighted by molar-refractivity contribution is 0.0521. The fraction of sp³-hybridized carbons (Fsp3) is 0.706. The average Bonchev–Trinajstić information content (AvgIpc) is 3.35. The Morgan fingerprint density at radius 3 is 2.68 bits per heavy atom. The number of imidazole rings is 1. The first kappa shape index (κ1) is 17.6. The second-order valence-corrected chi connectivity index (χ2v) is 6.79. The minimum atomic E-state index is -0.494. The third-order valence-electron chi connectivity index (χ3n) is 4.97. The van der Waals surface area contributed by atoms with Gasteiger partial charge in [0.25, 0.3) is 0 Å². The number of amides is 2. The summed E-state index contributed by atoms with van der Waals surface area (Å²) >= 11 is 0. The van der Waals surface area contributed by atoms with Crippen molar-refractivity contribution in [3.8, 4) is 0 Å². The van der Waals surface area contributed by atoms with E-state index < -0.39 is 5.97 Å². The summed E-state index contributed by atoms with van der Waals surface area (Å²) in [7, 11) is 0. The minimum absolute atomic E-state index is 0.0184. The first-order valence-corrected chi connectivity index (χ1v) is 9.12. The summed E-state index contributed by atoms with van der Waals surface area (Å²) in [4.78, 5) is 29.9. The second kappa shape index (κ2) is 7.76. The number of hydrogen-bond acceptors (Lipinski definition) is 5. The molecule has 3 rings (SSSR count). The average molecular weight is 349 g/mol. The van der Waals surface area contributed by atoms with Gasteiger partial charge in [-0.2, -0.15) is 0 Å². The molecule has 1 saturated carbocycles. The molecule has 3 N–H and O–H groups in total. The molecule has 1 aromatic heterocycles. The SMILES string of the molecule is CCOC(=O)c1ncn(C2CCN(C(=O)NCCC3CC3)CC2)c1N.